The molecule has 2 heterocycles. The molecule has 0 atom stereocenters. The number of carbonyl (C=O) groups excluding carboxylic acids is 1. The minimum Gasteiger partial charge on any atom is -0.380 e. The molecule has 4 aromatic rings. The number of pyridine rings is 1. The minimum atomic E-state index is 0.0346. The molecule has 1 aliphatic carbocycles. The molecular formula is C20H14N4O. The summed E-state index contributed by atoms with van der Waals surface area (Å²) in [7, 11) is 0. The lowest BCUT2D eigenvalue weighted by molar-refractivity contribution is 0.104. The average Bonchev–Trinajstić information content (AvgIpc) is 3.10. The number of anilines is 1. The van der Waals surface area contributed by atoms with Gasteiger partial charge in [-0.2, -0.15) is 5.10 Å². The number of hydrogen-bond acceptors (Lipinski definition) is 4. The summed E-state index contributed by atoms with van der Waals surface area (Å²) in [5.74, 6) is 0.0346. The molecule has 0 bridgehead atoms. The second-order valence-electron chi connectivity index (χ2n) is 6.07. The summed E-state index contributed by atoms with van der Waals surface area (Å²) in [5.41, 5.74) is 5.92. The van der Waals surface area contributed by atoms with Gasteiger partial charge in [0.2, 0.25) is 0 Å². The number of carbonyl (C=O) groups is 1. The zero-order valence-electron chi connectivity index (χ0n) is 13.3. The predicted octanol–water partition coefficient (Wildman–Crippen LogP) is 3.78. The van der Waals surface area contributed by atoms with Crippen LogP contribution in [0.5, 0.6) is 0 Å². The monoisotopic (exact) mass is 326 g/mol. The van der Waals surface area contributed by atoms with E-state index in [-0.39, 0.29) is 5.78 Å². The third-order valence-electron chi connectivity index (χ3n) is 4.62. The van der Waals surface area contributed by atoms with E-state index in [4.69, 9.17) is 0 Å². The molecule has 120 valence electrons. The second kappa shape index (κ2) is 5.27. The maximum absolute atomic E-state index is 13.1. The van der Waals surface area contributed by atoms with Crippen molar-refractivity contribution in [3.63, 3.8) is 0 Å². The Morgan fingerprint density at radius 2 is 1.76 bits per heavy atom. The summed E-state index contributed by atoms with van der Waals surface area (Å²) in [5, 5.41) is 11.8. The van der Waals surface area contributed by atoms with Crippen molar-refractivity contribution in [2.75, 3.05) is 5.32 Å². The van der Waals surface area contributed by atoms with E-state index in [0.717, 1.165) is 33.4 Å². The molecule has 0 aliphatic heterocycles. The van der Waals surface area contributed by atoms with Crippen molar-refractivity contribution in [2.24, 2.45) is 0 Å². The number of aromatic nitrogens is 3. The van der Waals surface area contributed by atoms with Gasteiger partial charge in [-0.15, -0.1) is 0 Å². The van der Waals surface area contributed by atoms with Crippen LogP contribution in [-0.4, -0.2) is 21.0 Å². The van der Waals surface area contributed by atoms with Crippen LogP contribution in [0.15, 0.2) is 60.9 Å². The molecule has 25 heavy (non-hydrogen) atoms. The van der Waals surface area contributed by atoms with E-state index >= 15 is 0 Å². The molecule has 0 saturated carbocycles. The van der Waals surface area contributed by atoms with Gasteiger partial charge in [0.1, 0.15) is 5.69 Å². The first-order chi connectivity index (χ1) is 12.3. The van der Waals surface area contributed by atoms with Gasteiger partial charge < -0.3 is 5.32 Å². The first-order valence-electron chi connectivity index (χ1n) is 8.11. The number of fused-ring (bicyclic) bond motifs is 2. The molecule has 0 fully saturated rings. The van der Waals surface area contributed by atoms with E-state index in [1.165, 1.54) is 0 Å². The summed E-state index contributed by atoms with van der Waals surface area (Å²) in [6, 6.07) is 15.4. The number of aromatic amines is 1. The van der Waals surface area contributed by atoms with Gasteiger partial charge in [0.15, 0.2) is 5.78 Å². The SMILES string of the molecule is O=C1c2ccccc2-c2n[nH]c3ccc(NCc4ccncc4)c1c23. The van der Waals surface area contributed by atoms with Gasteiger partial charge in [0.25, 0.3) is 0 Å². The molecule has 0 amide bonds. The molecule has 5 heteroatoms. The van der Waals surface area contributed by atoms with Crippen molar-refractivity contribution in [1.82, 2.24) is 15.2 Å². The van der Waals surface area contributed by atoms with Crippen molar-refractivity contribution in [2.45, 2.75) is 6.54 Å². The number of ketones is 1. The Kier molecular flexibility index (Phi) is 2.94. The number of nitrogens with one attached hydrogen (secondary N) is 2. The van der Waals surface area contributed by atoms with Crippen molar-refractivity contribution < 1.29 is 4.79 Å². The Morgan fingerprint density at radius 3 is 2.60 bits per heavy atom. The van der Waals surface area contributed by atoms with E-state index < -0.39 is 0 Å². The molecule has 0 spiro atoms. The highest BCUT2D eigenvalue weighted by molar-refractivity contribution is 6.27. The molecule has 5 nitrogen and oxygen atoms in total. The van der Waals surface area contributed by atoms with E-state index in [1.54, 1.807) is 12.4 Å². The number of rotatable bonds is 3. The largest absolute Gasteiger partial charge is 0.380 e. The Balaban J connectivity index is 1.66. The summed E-state index contributed by atoms with van der Waals surface area (Å²) in [6.45, 7) is 0.628. The topological polar surface area (TPSA) is 70.7 Å². The Bertz CT molecular complexity index is 1120. The molecular weight excluding hydrogens is 312 g/mol. The molecule has 2 N–H and O–H groups in total. The third kappa shape index (κ3) is 2.06. The lowest BCUT2D eigenvalue weighted by atomic mass is 9.86. The second-order valence-corrected chi connectivity index (χ2v) is 6.07. The normalized spacial score (nSPS) is 12.2. The van der Waals surface area contributed by atoms with E-state index in [9.17, 15) is 4.79 Å². The van der Waals surface area contributed by atoms with Crippen LogP contribution in [0.25, 0.3) is 22.2 Å². The maximum Gasteiger partial charge on any atom is 0.196 e. The van der Waals surface area contributed by atoms with Gasteiger partial charge in [-0.3, -0.25) is 14.9 Å². The quantitative estimate of drug-likeness (QED) is 0.529. The molecule has 2 aromatic heterocycles. The van der Waals surface area contributed by atoms with Crippen LogP contribution >= 0.6 is 0 Å². The molecule has 0 unspecified atom stereocenters. The van der Waals surface area contributed by atoms with Crippen LogP contribution in [0.4, 0.5) is 5.69 Å². The fourth-order valence-electron chi connectivity index (χ4n) is 3.41. The predicted molar refractivity (Wildman–Crippen MR) is 96.5 cm³/mol. The number of H-pyrrole nitrogens is 1. The number of hydrogen-bond donors (Lipinski definition) is 2. The standard InChI is InChI=1S/C20H14N4O/c25-20-14-4-2-1-3-13(14)19-17-16(23-24-19)6-5-15(18(17)20)22-11-12-7-9-21-10-8-12/h1-10,22H,11H2,(H,23,24). The van der Waals surface area contributed by atoms with Crippen LogP contribution < -0.4 is 5.32 Å². The highest BCUT2D eigenvalue weighted by Crippen LogP contribution is 2.40. The Morgan fingerprint density at radius 1 is 0.960 bits per heavy atom. The van der Waals surface area contributed by atoms with E-state index in [0.29, 0.717) is 17.7 Å². The number of benzene rings is 2. The fraction of sp³-hybridized carbons (Fsp3) is 0.0500. The van der Waals surface area contributed by atoms with Crippen molar-refractivity contribution in [1.29, 1.82) is 0 Å². The van der Waals surface area contributed by atoms with Crippen LogP contribution in [0.3, 0.4) is 0 Å². The zero-order chi connectivity index (χ0) is 16.8. The van der Waals surface area contributed by atoms with Crippen molar-refractivity contribution in [3.8, 4) is 11.3 Å². The highest BCUT2D eigenvalue weighted by atomic mass is 16.1. The van der Waals surface area contributed by atoms with Crippen LogP contribution in [0.2, 0.25) is 0 Å². The summed E-state index contributed by atoms with van der Waals surface area (Å²) < 4.78 is 0. The smallest absolute Gasteiger partial charge is 0.196 e. The van der Waals surface area contributed by atoms with Gasteiger partial charge in [-0.25, -0.2) is 0 Å². The summed E-state index contributed by atoms with van der Waals surface area (Å²) >= 11 is 0. The average molecular weight is 326 g/mol. The van der Waals surface area contributed by atoms with Crippen molar-refractivity contribution in [3.05, 3.63) is 77.6 Å². The molecule has 0 radical (unpaired) electrons. The van der Waals surface area contributed by atoms with Gasteiger partial charge in [0, 0.05) is 41.1 Å². The van der Waals surface area contributed by atoms with Gasteiger partial charge >= 0.3 is 0 Å². The fourth-order valence-corrected chi connectivity index (χ4v) is 3.41. The first-order valence-corrected chi connectivity index (χ1v) is 8.11. The molecule has 2 aromatic carbocycles. The highest BCUT2D eigenvalue weighted by Gasteiger charge is 2.29. The third-order valence-corrected chi connectivity index (χ3v) is 4.62. The Hall–Kier alpha value is -3.47. The van der Waals surface area contributed by atoms with E-state index in [2.05, 4.69) is 20.5 Å². The van der Waals surface area contributed by atoms with Gasteiger partial charge in [0.05, 0.1) is 11.1 Å². The first kappa shape index (κ1) is 13.9. The number of nitrogens with zero attached hydrogens (tertiary/aromatic N) is 2. The van der Waals surface area contributed by atoms with Crippen molar-refractivity contribution >= 4 is 22.4 Å². The Labute approximate surface area is 143 Å². The molecule has 1 aliphatic rings. The van der Waals surface area contributed by atoms with Crippen LogP contribution in [0, 0.1) is 0 Å². The summed E-state index contributed by atoms with van der Waals surface area (Å²) in [4.78, 5) is 17.2. The summed E-state index contributed by atoms with van der Waals surface area (Å²) in [6.07, 6.45) is 3.53. The van der Waals surface area contributed by atoms with E-state index in [1.807, 2.05) is 48.5 Å². The van der Waals surface area contributed by atoms with Crippen LogP contribution in [-0.2, 0) is 6.54 Å². The van der Waals surface area contributed by atoms with Gasteiger partial charge in [-0.1, -0.05) is 24.3 Å². The van der Waals surface area contributed by atoms with Crippen LogP contribution in [0.1, 0.15) is 21.5 Å². The lowest BCUT2D eigenvalue weighted by Gasteiger charge is -2.18. The molecule has 0 saturated heterocycles. The minimum absolute atomic E-state index is 0.0346. The van der Waals surface area contributed by atoms with Gasteiger partial charge in [-0.05, 0) is 29.8 Å². The molecule has 5 rings (SSSR count). The zero-order valence-corrected chi connectivity index (χ0v) is 13.3. The maximum atomic E-state index is 13.1. The lowest BCUT2D eigenvalue weighted by Crippen LogP contribution is -2.13.